The third-order valence-electron chi connectivity index (χ3n) is 3.54. The van der Waals surface area contributed by atoms with E-state index in [-0.39, 0.29) is 5.78 Å². The van der Waals surface area contributed by atoms with Crippen LogP contribution in [0.3, 0.4) is 0 Å². The van der Waals surface area contributed by atoms with E-state index in [0.717, 1.165) is 17.0 Å². The van der Waals surface area contributed by atoms with Crippen LogP contribution in [0, 0.1) is 0 Å². The molecule has 0 aliphatic carbocycles. The molecule has 1 heterocycles. The molecule has 0 aliphatic heterocycles. The monoisotopic (exact) mass is 323 g/mol. The molecule has 0 spiro atoms. The Bertz CT molecular complexity index is 823. The predicted molar refractivity (Wildman–Crippen MR) is 90.1 cm³/mol. The lowest BCUT2D eigenvalue weighted by atomic mass is 10.1. The van der Waals surface area contributed by atoms with Crippen LogP contribution in [0.1, 0.15) is 23.2 Å². The summed E-state index contributed by atoms with van der Waals surface area (Å²) in [5, 5.41) is 11.3. The van der Waals surface area contributed by atoms with Crippen LogP contribution in [0.15, 0.2) is 52.9 Å². The van der Waals surface area contributed by atoms with Crippen LogP contribution >= 0.6 is 0 Å². The second-order valence-electron chi connectivity index (χ2n) is 5.22. The van der Waals surface area contributed by atoms with Gasteiger partial charge in [0, 0.05) is 16.8 Å². The number of carbonyl (C=O) groups excluding carboxylic acids is 1. The Kier molecular flexibility index (Phi) is 4.56. The molecule has 0 bridgehead atoms. The lowest BCUT2D eigenvalue weighted by Crippen LogP contribution is -2.00. The number of ether oxygens (including phenoxy) is 1. The van der Waals surface area contributed by atoms with E-state index >= 15 is 0 Å². The minimum absolute atomic E-state index is 0.0441. The van der Waals surface area contributed by atoms with Crippen molar-refractivity contribution in [2.75, 3.05) is 12.4 Å². The van der Waals surface area contributed by atoms with Crippen LogP contribution in [0.4, 0.5) is 5.69 Å². The molecule has 3 rings (SSSR count). The molecule has 0 radical (unpaired) electrons. The lowest BCUT2D eigenvalue weighted by Gasteiger charge is -2.04. The highest BCUT2D eigenvalue weighted by Gasteiger charge is 2.08. The minimum atomic E-state index is 0.0441. The quantitative estimate of drug-likeness (QED) is 0.699. The second kappa shape index (κ2) is 6.95. The Hall–Kier alpha value is -3.15. The Labute approximate surface area is 139 Å². The average Bonchev–Trinajstić information content (AvgIpc) is 3.09. The van der Waals surface area contributed by atoms with Crippen LogP contribution in [-0.4, -0.2) is 23.1 Å². The van der Waals surface area contributed by atoms with Gasteiger partial charge in [-0.25, -0.2) is 0 Å². The van der Waals surface area contributed by atoms with Gasteiger partial charge in [-0.1, -0.05) is 0 Å². The van der Waals surface area contributed by atoms with Gasteiger partial charge < -0.3 is 14.5 Å². The SMILES string of the molecule is COc1ccc(-c2nnc(CNc3ccc(C(C)=O)cc3)o2)cc1. The van der Waals surface area contributed by atoms with E-state index in [1.165, 1.54) is 0 Å². The largest absolute Gasteiger partial charge is 0.497 e. The summed E-state index contributed by atoms with van der Waals surface area (Å²) >= 11 is 0. The van der Waals surface area contributed by atoms with Crippen LogP contribution in [-0.2, 0) is 6.54 Å². The van der Waals surface area contributed by atoms with Crippen LogP contribution < -0.4 is 10.1 Å². The van der Waals surface area contributed by atoms with Gasteiger partial charge in [-0.05, 0) is 55.5 Å². The summed E-state index contributed by atoms with van der Waals surface area (Å²) in [4.78, 5) is 11.3. The van der Waals surface area contributed by atoms with E-state index < -0.39 is 0 Å². The van der Waals surface area contributed by atoms with Crippen LogP contribution in [0.5, 0.6) is 5.75 Å². The molecule has 0 atom stereocenters. The number of rotatable bonds is 6. The van der Waals surface area contributed by atoms with Crippen molar-refractivity contribution in [3.8, 4) is 17.2 Å². The summed E-state index contributed by atoms with van der Waals surface area (Å²) in [6, 6.07) is 14.7. The molecular formula is C18H17N3O3. The van der Waals surface area contributed by atoms with Gasteiger partial charge in [-0.2, -0.15) is 0 Å². The third kappa shape index (κ3) is 3.60. The maximum atomic E-state index is 11.3. The highest BCUT2D eigenvalue weighted by Crippen LogP contribution is 2.21. The first kappa shape index (κ1) is 15.7. The molecular weight excluding hydrogens is 306 g/mol. The number of Topliss-reactive ketones (excluding diaryl/α,β-unsaturated/α-hetero) is 1. The van der Waals surface area contributed by atoms with E-state index in [2.05, 4.69) is 15.5 Å². The summed E-state index contributed by atoms with van der Waals surface area (Å²) in [5.74, 6) is 1.76. The van der Waals surface area contributed by atoms with Gasteiger partial charge in [-0.15, -0.1) is 10.2 Å². The average molecular weight is 323 g/mol. The zero-order valence-electron chi connectivity index (χ0n) is 13.4. The van der Waals surface area contributed by atoms with E-state index in [9.17, 15) is 4.79 Å². The number of ketones is 1. The first-order chi connectivity index (χ1) is 11.7. The molecule has 0 fully saturated rings. The maximum absolute atomic E-state index is 11.3. The summed E-state index contributed by atoms with van der Waals surface area (Å²) < 4.78 is 10.8. The van der Waals surface area contributed by atoms with Crippen molar-refractivity contribution in [1.82, 2.24) is 10.2 Å². The zero-order chi connectivity index (χ0) is 16.9. The summed E-state index contributed by atoms with van der Waals surface area (Å²) in [6.07, 6.45) is 0. The van der Waals surface area contributed by atoms with Crippen LogP contribution in [0.25, 0.3) is 11.5 Å². The summed E-state index contributed by atoms with van der Waals surface area (Å²) in [6.45, 7) is 1.95. The Morgan fingerprint density at radius 2 is 1.79 bits per heavy atom. The standard InChI is InChI=1S/C18H17N3O3/c1-12(22)13-3-7-15(8-4-13)19-11-17-20-21-18(24-17)14-5-9-16(23-2)10-6-14/h3-10,19H,11H2,1-2H3. The smallest absolute Gasteiger partial charge is 0.247 e. The molecule has 24 heavy (non-hydrogen) atoms. The Balaban J connectivity index is 1.64. The highest BCUT2D eigenvalue weighted by atomic mass is 16.5. The number of anilines is 1. The predicted octanol–water partition coefficient (Wildman–Crippen LogP) is 3.56. The number of hydrogen-bond donors (Lipinski definition) is 1. The summed E-state index contributed by atoms with van der Waals surface area (Å²) in [7, 11) is 1.62. The maximum Gasteiger partial charge on any atom is 0.247 e. The number of aromatic nitrogens is 2. The molecule has 122 valence electrons. The molecule has 3 aromatic rings. The van der Waals surface area contributed by atoms with E-state index in [1.54, 1.807) is 26.2 Å². The van der Waals surface area contributed by atoms with E-state index in [0.29, 0.717) is 23.9 Å². The molecule has 1 aromatic heterocycles. The molecule has 0 aliphatic rings. The number of hydrogen-bond acceptors (Lipinski definition) is 6. The fourth-order valence-electron chi connectivity index (χ4n) is 2.18. The minimum Gasteiger partial charge on any atom is -0.497 e. The zero-order valence-corrected chi connectivity index (χ0v) is 13.4. The molecule has 6 heteroatoms. The van der Waals surface area contributed by atoms with Gasteiger partial charge in [0.15, 0.2) is 5.78 Å². The summed E-state index contributed by atoms with van der Waals surface area (Å²) in [5.41, 5.74) is 2.39. The van der Waals surface area contributed by atoms with Crippen molar-refractivity contribution in [3.63, 3.8) is 0 Å². The second-order valence-corrected chi connectivity index (χ2v) is 5.22. The number of nitrogens with one attached hydrogen (secondary N) is 1. The van der Waals surface area contributed by atoms with Crippen molar-refractivity contribution >= 4 is 11.5 Å². The number of carbonyl (C=O) groups is 1. The first-order valence-electron chi connectivity index (χ1n) is 7.47. The van der Waals surface area contributed by atoms with E-state index in [1.807, 2.05) is 36.4 Å². The molecule has 0 saturated heterocycles. The van der Waals surface area contributed by atoms with Crippen molar-refractivity contribution in [2.24, 2.45) is 0 Å². The fraction of sp³-hybridized carbons (Fsp3) is 0.167. The lowest BCUT2D eigenvalue weighted by molar-refractivity contribution is 0.101. The molecule has 0 unspecified atom stereocenters. The Morgan fingerprint density at radius 1 is 1.08 bits per heavy atom. The van der Waals surface area contributed by atoms with Gasteiger partial charge in [0.2, 0.25) is 11.8 Å². The highest BCUT2D eigenvalue weighted by molar-refractivity contribution is 5.94. The van der Waals surface area contributed by atoms with Gasteiger partial charge >= 0.3 is 0 Å². The number of benzene rings is 2. The fourth-order valence-corrected chi connectivity index (χ4v) is 2.18. The topological polar surface area (TPSA) is 77.3 Å². The molecule has 0 saturated carbocycles. The van der Waals surface area contributed by atoms with Gasteiger partial charge in [0.05, 0.1) is 13.7 Å². The number of nitrogens with zero attached hydrogens (tertiary/aromatic N) is 2. The molecule has 6 nitrogen and oxygen atoms in total. The first-order valence-corrected chi connectivity index (χ1v) is 7.47. The third-order valence-corrected chi connectivity index (χ3v) is 3.54. The van der Waals surface area contributed by atoms with Crippen molar-refractivity contribution in [3.05, 3.63) is 60.0 Å². The van der Waals surface area contributed by atoms with Crippen molar-refractivity contribution < 1.29 is 13.9 Å². The van der Waals surface area contributed by atoms with Crippen molar-refractivity contribution in [2.45, 2.75) is 13.5 Å². The normalized spacial score (nSPS) is 10.4. The van der Waals surface area contributed by atoms with Crippen LogP contribution in [0.2, 0.25) is 0 Å². The van der Waals surface area contributed by atoms with E-state index in [4.69, 9.17) is 9.15 Å². The number of methoxy groups -OCH3 is 1. The molecule has 2 aromatic carbocycles. The van der Waals surface area contributed by atoms with Gasteiger partial charge in [-0.3, -0.25) is 4.79 Å². The van der Waals surface area contributed by atoms with Crippen molar-refractivity contribution in [1.29, 1.82) is 0 Å². The van der Waals surface area contributed by atoms with Gasteiger partial charge in [0.25, 0.3) is 0 Å². The van der Waals surface area contributed by atoms with Gasteiger partial charge in [0.1, 0.15) is 5.75 Å². The molecule has 1 N–H and O–H groups in total. The molecule has 0 amide bonds. The Morgan fingerprint density at radius 3 is 2.42 bits per heavy atom.